The molecular formula is C22H20F2N4O3. The Bertz CT molecular complexity index is 1120. The van der Waals surface area contributed by atoms with Crippen LogP contribution in [0, 0.1) is 11.6 Å². The third-order valence-corrected chi connectivity index (χ3v) is 4.97. The summed E-state index contributed by atoms with van der Waals surface area (Å²) < 4.78 is 36.2. The van der Waals surface area contributed by atoms with Crippen molar-refractivity contribution in [3.8, 4) is 11.1 Å². The van der Waals surface area contributed by atoms with Gasteiger partial charge in [0, 0.05) is 30.4 Å². The number of aromatic nitrogens is 2. The molecule has 9 heteroatoms. The molecule has 1 saturated heterocycles. The molecule has 4 rings (SSSR count). The van der Waals surface area contributed by atoms with E-state index in [0.717, 1.165) is 0 Å². The lowest BCUT2D eigenvalue weighted by Crippen LogP contribution is -2.33. The first-order chi connectivity index (χ1) is 14.9. The van der Waals surface area contributed by atoms with E-state index in [4.69, 9.17) is 4.74 Å². The van der Waals surface area contributed by atoms with Gasteiger partial charge in [-0.05, 0) is 35.9 Å². The van der Waals surface area contributed by atoms with Crippen LogP contribution in [0.2, 0.25) is 0 Å². The van der Waals surface area contributed by atoms with Crippen LogP contribution in [0.25, 0.3) is 11.1 Å². The molecule has 2 heterocycles. The van der Waals surface area contributed by atoms with Gasteiger partial charge < -0.3 is 10.1 Å². The van der Waals surface area contributed by atoms with Gasteiger partial charge in [-0.3, -0.25) is 14.4 Å². The van der Waals surface area contributed by atoms with E-state index in [9.17, 15) is 18.4 Å². The largest absolute Gasteiger partial charge is 0.442 e. The van der Waals surface area contributed by atoms with Gasteiger partial charge in [-0.15, -0.1) is 0 Å². The van der Waals surface area contributed by atoms with Crippen molar-refractivity contribution in [2.24, 2.45) is 0 Å². The maximum absolute atomic E-state index is 14.8. The van der Waals surface area contributed by atoms with Crippen molar-refractivity contribution in [2.45, 2.75) is 19.6 Å². The number of cyclic esters (lactones) is 1. The number of amides is 2. The average molecular weight is 426 g/mol. The van der Waals surface area contributed by atoms with Gasteiger partial charge in [0.25, 0.3) is 0 Å². The topological polar surface area (TPSA) is 76.5 Å². The molecule has 2 aromatic carbocycles. The lowest BCUT2D eigenvalue weighted by Gasteiger charge is -2.15. The zero-order chi connectivity index (χ0) is 22.0. The van der Waals surface area contributed by atoms with Gasteiger partial charge in [0.15, 0.2) is 0 Å². The normalized spacial score (nSPS) is 15.8. The van der Waals surface area contributed by atoms with Gasteiger partial charge in [0.05, 0.1) is 25.3 Å². The van der Waals surface area contributed by atoms with E-state index < -0.39 is 23.8 Å². The van der Waals surface area contributed by atoms with Crippen molar-refractivity contribution in [3.63, 3.8) is 0 Å². The van der Waals surface area contributed by atoms with E-state index in [-0.39, 0.29) is 31.1 Å². The Labute approximate surface area is 177 Å². The molecule has 0 spiro atoms. The average Bonchev–Trinajstić information content (AvgIpc) is 3.37. The van der Waals surface area contributed by atoms with Crippen LogP contribution in [0.4, 0.5) is 19.3 Å². The van der Waals surface area contributed by atoms with Gasteiger partial charge >= 0.3 is 6.09 Å². The molecule has 31 heavy (non-hydrogen) atoms. The van der Waals surface area contributed by atoms with Gasteiger partial charge in [0.1, 0.15) is 17.7 Å². The highest BCUT2D eigenvalue weighted by atomic mass is 19.1. The molecule has 0 bridgehead atoms. The van der Waals surface area contributed by atoms with E-state index in [0.29, 0.717) is 16.8 Å². The minimum atomic E-state index is -0.614. The fourth-order valence-electron chi connectivity index (χ4n) is 3.41. The minimum Gasteiger partial charge on any atom is -0.442 e. The molecule has 3 aromatic rings. The van der Waals surface area contributed by atoms with Gasteiger partial charge in [-0.25, -0.2) is 13.6 Å². The summed E-state index contributed by atoms with van der Waals surface area (Å²) in [4.78, 5) is 24.4. The lowest BCUT2D eigenvalue weighted by atomic mass is 10.0. The molecule has 1 aromatic heterocycles. The van der Waals surface area contributed by atoms with E-state index in [1.54, 1.807) is 41.3 Å². The molecular weight excluding hydrogens is 406 g/mol. The van der Waals surface area contributed by atoms with Crippen LogP contribution >= 0.6 is 0 Å². The fraction of sp³-hybridized carbons (Fsp3) is 0.227. The van der Waals surface area contributed by atoms with Crippen LogP contribution in [0.3, 0.4) is 0 Å². The van der Waals surface area contributed by atoms with Crippen LogP contribution in [-0.2, 0) is 16.1 Å². The molecule has 0 unspecified atom stereocenters. The number of hydrogen-bond acceptors (Lipinski definition) is 4. The number of nitrogens with one attached hydrogen (secondary N) is 1. The molecule has 160 valence electrons. The molecule has 0 saturated carbocycles. The number of rotatable bonds is 6. The third-order valence-electron chi connectivity index (χ3n) is 4.97. The van der Waals surface area contributed by atoms with E-state index in [1.807, 2.05) is 0 Å². The van der Waals surface area contributed by atoms with Crippen LogP contribution in [0.5, 0.6) is 0 Å². The summed E-state index contributed by atoms with van der Waals surface area (Å²) in [5.41, 5.74) is 1.37. The number of halogens is 2. The van der Waals surface area contributed by atoms with Gasteiger partial charge in [0.2, 0.25) is 5.91 Å². The monoisotopic (exact) mass is 426 g/mol. The van der Waals surface area contributed by atoms with Crippen LogP contribution in [-0.4, -0.2) is 41.0 Å². The number of hydrogen-bond donors (Lipinski definition) is 1. The summed E-state index contributed by atoms with van der Waals surface area (Å²) in [6.45, 7) is 2.02. The molecule has 1 atom stereocenters. The third kappa shape index (κ3) is 4.55. The smallest absolute Gasteiger partial charge is 0.414 e. The number of benzene rings is 2. The number of anilines is 1. The standard InChI is InChI=1S/C22H20F2N4O3/c1-14(29)25-11-18-13-28(22(30)31-18)17-5-6-19(21(24)10-17)15-3-4-16(20(23)9-15)12-27-8-2-7-26-27/h2-10,18H,11-13H2,1H3,(H,25,29)/t18-/m0/s1. The van der Waals surface area contributed by atoms with Crippen molar-refractivity contribution in [1.29, 1.82) is 0 Å². The number of ether oxygens (including phenoxy) is 1. The van der Waals surface area contributed by atoms with Crippen LogP contribution in [0.15, 0.2) is 54.9 Å². The Kier molecular flexibility index (Phi) is 5.66. The first-order valence-corrected chi connectivity index (χ1v) is 9.69. The number of nitrogens with zero attached hydrogens (tertiary/aromatic N) is 3. The van der Waals surface area contributed by atoms with Crippen molar-refractivity contribution < 1.29 is 23.1 Å². The Hall–Kier alpha value is -3.75. The number of carbonyl (C=O) groups is 2. The highest BCUT2D eigenvalue weighted by Gasteiger charge is 2.32. The Balaban J connectivity index is 1.51. The molecule has 7 nitrogen and oxygen atoms in total. The van der Waals surface area contributed by atoms with Crippen molar-refractivity contribution >= 4 is 17.7 Å². The Morgan fingerprint density at radius 1 is 1.23 bits per heavy atom. The summed E-state index contributed by atoms with van der Waals surface area (Å²) in [7, 11) is 0. The van der Waals surface area contributed by atoms with Crippen molar-refractivity contribution in [2.75, 3.05) is 18.0 Å². The first-order valence-electron chi connectivity index (χ1n) is 9.69. The fourth-order valence-corrected chi connectivity index (χ4v) is 3.41. The quantitative estimate of drug-likeness (QED) is 0.656. The predicted octanol–water partition coefficient (Wildman–Crippen LogP) is 3.34. The summed E-state index contributed by atoms with van der Waals surface area (Å²) in [6.07, 6.45) is 2.21. The number of carbonyl (C=O) groups excluding carboxylic acids is 2. The highest BCUT2D eigenvalue weighted by Crippen LogP contribution is 2.30. The SMILES string of the molecule is CC(=O)NC[C@H]1CN(c2ccc(-c3ccc(Cn4cccn4)c(F)c3)c(F)c2)C(=O)O1. The van der Waals surface area contributed by atoms with Crippen LogP contribution in [0.1, 0.15) is 12.5 Å². The van der Waals surface area contributed by atoms with E-state index in [1.165, 1.54) is 30.0 Å². The minimum absolute atomic E-state index is 0.183. The Morgan fingerprint density at radius 2 is 2.06 bits per heavy atom. The zero-order valence-electron chi connectivity index (χ0n) is 16.7. The first kappa shape index (κ1) is 20.5. The van der Waals surface area contributed by atoms with Gasteiger partial charge in [-0.1, -0.05) is 12.1 Å². The maximum atomic E-state index is 14.8. The van der Waals surface area contributed by atoms with E-state index >= 15 is 0 Å². The van der Waals surface area contributed by atoms with E-state index in [2.05, 4.69) is 10.4 Å². The molecule has 0 aliphatic carbocycles. The molecule has 1 aliphatic heterocycles. The second kappa shape index (κ2) is 8.55. The molecule has 1 N–H and O–H groups in total. The molecule has 0 radical (unpaired) electrons. The van der Waals surface area contributed by atoms with Crippen molar-refractivity contribution in [1.82, 2.24) is 15.1 Å². The Morgan fingerprint density at radius 3 is 2.74 bits per heavy atom. The second-order valence-electron chi connectivity index (χ2n) is 7.23. The maximum Gasteiger partial charge on any atom is 0.414 e. The molecule has 1 fully saturated rings. The summed E-state index contributed by atoms with van der Waals surface area (Å²) in [5, 5.41) is 6.64. The summed E-state index contributed by atoms with van der Waals surface area (Å²) >= 11 is 0. The summed E-state index contributed by atoms with van der Waals surface area (Å²) in [5.74, 6) is -1.27. The summed E-state index contributed by atoms with van der Waals surface area (Å²) in [6, 6.07) is 10.6. The van der Waals surface area contributed by atoms with Crippen LogP contribution < -0.4 is 10.2 Å². The molecule has 1 aliphatic rings. The lowest BCUT2D eigenvalue weighted by molar-refractivity contribution is -0.119. The van der Waals surface area contributed by atoms with Gasteiger partial charge in [-0.2, -0.15) is 5.10 Å². The zero-order valence-corrected chi connectivity index (χ0v) is 16.7. The predicted molar refractivity (Wildman–Crippen MR) is 109 cm³/mol. The molecule has 2 amide bonds. The second-order valence-corrected chi connectivity index (χ2v) is 7.23. The van der Waals surface area contributed by atoms with Crippen molar-refractivity contribution in [3.05, 3.63) is 72.1 Å². The highest BCUT2D eigenvalue weighted by molar-refractivity contribution is 5.90.